The number of carbonyl (C=O) groups is 1. The third-order valence-corrected chi connectivity index (χ3v) is 5.35. The van der Waals surface area contributed by atoms with Gasteiger partial charge in [0.25, 0.3) is 0 Å². The Kier molecular flexibility index (Phi) is 4.08. The lowest BCUT2D eigenvalue weighted by Gasteiger charge is -2.34. The first kappa shape index (κ1) is 14.2. The van der Waals surface area contributed by atoms with E-state index in [-0.39, 0.29) is 31.7 Å². The van der Waals surface area contributed by atoms with Crippen molar-refractivity contribution in [2.75, 3.05) is 19.8 Å². The van der Waals surface area contributed by atoms with Gasteiger partial charge in [-0.25, -0.2) is 8.42 Å². The molecule has 8 heteroatoms. The van der Waals surface area contributed by atoms with E-state index < -0.39 is 21.3 Å². The summed E-state index contributed by atoms with van der Waals surface area (Å²) in [4.78, 5) is 12.0. The molecule has 1 heterocycles. The van der Waals surface area contributed by atoms with E-state index in [2.05, 4.69) is 5.32 Å². The van der Waals surface area contributed by atoms with Crippen molar-refractivity contribution in [3.05, 3.63) is 0 Å². The molecule has 0 aromatic rings. The molecule has 1 saturated heterocycles. The molecule has 2 rings (SSSR count). The Labute approximate surface area is 112 Å². The molecule has 106 valence electrons. The minimum Gasteiger partial charge on any atom is -0.378 e. The van der Waals surface area contributed by atoms with Gasteiger partial charge in [0.05, 0.1) is 19.3 Å². The van der Waals surface area contributed by atoms with Gasteiger partial charge in [-0.2, -0.15) is 9.57 Å². The monoisotopic (exact) mass is 287 g/mol. The maximum Gasteiger partial charge on any atom is 0.241 e. The number of nitrogens with zero attached hydrogens (tertiary/aromatic N) is 2. The van der Waals surface area contributed by atoms with Gasteiger partial charge >= 0.3 is 0 Å². The normalized spacial score (nSPS) is 26.4. The highest BCUT2D eigenvalue weighted by Crippen LogP contribution is 2.21. The number of sulfonamides is 1. The highest BCUT2D eigenvalue weighted by molar-refractivity contribution is 7.90. The van der Waals surface area contributed by atoms with Crippen molar-refractivity contribution in [3.63, 3.8) is 0 Å². The summed E-state index contributed by atoms with van der Waals surface area (Å²) in [6, 6.07) is 1.01. The van der Waals surface area contributed by atoms with Crippen molar-refractivity contribution in [2.24, 2.45) is 0 Å². The van der Waals surface area contributed by atoms with Crippen molar-refractivity contribution in [2.45, 2.75) is 37.1 Å². The van der Waals surface area contributed by atoms with Crippen LogP contribution in [0.5, 0.6) is 0 Å². The number of nitriles is 1. The summed E-state index contributed by atoms with van der Waals surface area (Å²) in [5.74, 6) is -0.337. The number of ether oxygens (including phenoxy) is 1. The number of morpholine rings is 1. The van der Waals surface area contributed by atoms with Gasteiger partial charge in [-0.3, -0.25) is 4.79 Å². The van der Waals surface area contributed by atoms with E-state index in [0.29, 0.717) is 0 Å². The first-order valence-electron chi connectivity index (χ1n) is 6.25. The number of nitrogens with one attached hydrogen (secondary N) is 1. The third kappa shape index (κ3) is 3.05. The van der Waals surface area contributed by atoms with Crippen LogP contribution in [0, 0.1) is 11.3 Å². The van der Waals surface area contributed by atoms with E-state index >= 15 is 0 Å². The van der Waals surface area contributed by atoms with Gasteiger partial charge in [-0.1, -0.05) is 0 Å². The molecule has 1 N–H and O–H groups in total. The second kappa shape index (κ2) is 5.45. The van der Waals surface area contributed by atoms with E-state index in [1.807, 2.05) is 0 Å². The predicted molar refractivity (Wildman–Crippen MR) is 66.5 cm³/mol. The van der Waals surface area contributed by atoms with Crippen LogP contribution in [-0.2, 0) is 19.6 Å². The molecule has 19 heavy (non-hydrogen) atoms. The van der Waals surface area contributed by atoms with E-state index in [1.54, 1.807) is 6.07 Å². The van der Waals surface area contributed by atoms with Crippen molar-refractivity contribution in [1.29, 1.82) is 5.26 Å². The lowest BCUT2D eigenvalue weighted by molar-refractivity contribution is -0.129. The molecular formula is C11H17N3O4S. The van der Waals surface area contributed by atoms with Gasteiger partial charge in [-0.15, -0.1) is 0 Å². The van der Waals surface area contributed by atoms with Crippen LogP contribution in [0.2, 0.25) is 0 Å². The van der Waals surface area contributed by atoms with Crippen LogP contribution in [0.15, 0.2) is 0 Å². The zero-order valence-electron chi connectivity index (χ0n) is 10.7. The second-order valence-electron chi connectivity index (χ2n) is 4.80. The molecule has 1 amide bonds. The number of amides is 1. The number of rotatable bonds is 4. The zero-order valence-corrected chi connectivity index (χ0v) is 11.5. The molecule has 2 aliphatic rings. The summed E-state index contributed by atoms with van der Waals surface area (Å²) < 4.78 is 30.7. The molecule has 7 nitrogen and oxygen atoms in total. The molecule has 2 fully saturated rings. The highest BCUT2D eigenvalue weighted by Gasteiger charge is 2.41. The van der Waals surface area contributed by atoms with Crippen molar-refractivity contribution in [1.82, 2.24) is 9.62 Å². The zero-order chi connectivity index (χ0) is 14.0. The molecule has 1 saturated carbocycles. The summed E-state index contributed by atoms with van der Waals surface area (Å²) in [6.45, 7) is 1.71. The first-order chi connectivity index (χ1) is 8.96. The van der Waals surface area contributed by atoms with Crippen LogP contribution in [0.25, 0.3) is 0 Å². The molecular weight excluding hydrogens is 270 g/mol. The minimum atomic E-state index is -3.79. The second-order valence-corrected chi connectivity index (χ2v) is 7.01. The van der Waals surface area contributed by atoms with Crippen LogP contribution < -0.4 is 5.32 Å². The Morgan fingerprint density at radius 2 is 2.21 bits per heavy atom. The van der Waals surface area contributed by atoms with E-state index in [9.17, 15) is 13.2 Å². The van der Waals surface area contributed by atoms with E-state index in [4.69, 9.17) is 10.00 Å². The smallest absolute Gasteiger partial charge is 0.241 e. The van der Waals surface area contributed by atoms with E-state index in [0.717, 1.165) is 17.1 Å². The standard InChI is InChI=1S/C11H17N3O4S/c1-8(6-12)19(16,17)14-4-5-18-7-10(14)11(15)13-9-2-3-9/h8-10H,2-5,7H2,1H3,(H,13,15). The third-order valence-electron chi connectivity index (χ3n) is 3.26. The average Bonchev–Trinajstić information content (AvgIpc) is 3.21. The summed E-state index contributed by atoms with van der Waals surface area (Å²) in [6.07, 6.45) is 1.86. The Morgan fingerprint density at radius 3 is 2.79 bits per heavy atom. The summed E-state index contributed by atoms with van der Waals surface area (Å²) in [7, 11) is -3.79. The molecule has 2 unspecified atom stereocenters. The number of hydrogen-bond donors (Lipinski definition) is 1. The molecule has 0 aromatic carbocycles. The molecule has 1 aliphatic heterocycles. The lowest BCUT2D eigenvalue weighted by atomic mass is 10.2. The summed E-state index contributed by atoms with van der Waals surface area (Å²) in [5.41, 5.74) is 0. The molecule has 0 radical (unpaired) electrons. The first-order valence-corrected chi connectivity index (χ1v) is 7.75. The highest BCUT2D eigenvalue weighted by atomic mass is 32.2. The van der Waals surface area contributed by atoms with Gasteiger partial charge in [0.1, 0.15) is 6.04 Å². The average molecular weight is 287 g/mol. The Balaban J connectivity index is 2.15. The molecule has 0 bridgehead atoms. The Morgan fingerprint density at radius 1 is 1.53 bits per heavy atom. The maximum atomic E-state index is 12.2. The van der Waals surface area contributed by atoms with Gasteiger partial charge in [0.2, 0.25) is 15.9 Å². The van der Waals surface area contributed by atoms with Crippen molar-refractivity contribution >= 4 is 15.9 Å². The van der Waals surface area contributed by atoms with Crippen LogP contribution in [0.4, 0.5) is 0 Å². The lowest BCUT2D eigenvalue weighted by Crippen LogP contribution is -2.57. The van der Waals surface area contributed by atoms with Crippen LogP contribution in [-0.4, -0.2) is 55.7 Å². The van der Waals surface area contributed by atoms with Crippen LogP contribution >= 0.6 is 0 Å². The largest absolute Gasteiger partial charge is 0.378 e. The minimum absolute atomic E-state index is 0.0376. The molecule has 1 aliphatic carbocycles. The van der Waals surface area contributed by atoms with E-state index in [1.165, 1.54) is 6.92 Å². The fourth-order valence-corrected chi connectivity index (χ4v) is 3.27. The SMILES string of the molecule is CC(C#N)S(=O)(=O)N1CCOCC1C(=O)NC1CC1. The molecule has 0 aromatic heterocycles. The Hall–Kier alpha value is -1.17. The summed E-state index contributed by atoms with van der Waals surface area (Å²) in [5, 5.41) is 10.4. The topological polar surface area (TPSA) is 99.5 Å². The quantitative estimate of drug-likeness (QED) is 0.730. The van der Waals surface area contributed by atoms with Gasteiger partial charge in [0, 0.05) is 12.6 Å². The van der Waals surface area contributed by atoms with Crippen LogP contribution in [0.3, 0.4) is 0 Å². The summed E-state index contributed by atoms with van der Waals surface area (Å²) >= 11 is 0. The fraction of sp³-hybridized carbons (Fsp3) is 0.818. The molecule has 0 spiro atoms. The number of carbonyl (C=O) groups excluding carboxylic acids is 1. The van der Waals surface area contributed by atoms with Crippen molar-refractivity contribution in [3.8, 4) is 6.07 Å². The number of hydrogen-bond acceptors (Lipinski definition) is 5. The van der Waals surface area contributed by atoms with Gasteiger partial charge in [0.15, 0.2) is 5.25 Å². The van der Waals surface area contributed by atoms with Crippen molar-refractivity contribution < 1.29 is 17.9 Å². The van der Waals surface area contributed by atoms with Crippen LogP contribution in [0.1, 0.15) is 19.8 Å². The van der Waals surface area contributed by atoms with Gasteiger partial charge < -0.3 is 10.1 Å². The Bertz CT molecular complexity index is 495. The molecule has 2 atom stereocenters. The van der Waals surface area contributed by atoms with Gasteiger partial charge in [-0.05, 0) is 19.8 Å². The maximum absolute atomic E-state index is 12.2. The fourth-order valence-electron chi connectivity index (χ4n) is 1.89. The predicted octanol–water partition coefficient (Wildman–Crippen LogP) is -0.792.